The standard InChI is InChI=1S/2C12H15ClN4O3.C11H13Cl2N5O3.C11H14ClN5O4.C10H14ClN3O4/c1-12(13)8(19)7(4-18)20-11(12)17-3-2-6-9(14)15-5-16-10(6)17;1-12(13)9(19)8(4-18)20-10(12)6-2-3-7-11(14)15-5-16-17(6)7;1-11(13)6(20)4(2-19)21-9(11)18-3-15-5-7(12)16-10(14)17-8(5)18;1-11(12)6(19)4(2-18)21-9(11)17-3-14-5-7(17)15-10(13)16-8(5)20;1-10(11)7(16)5(4-15)18-8(10)14-3-2-6(12)13-9(14)17/h2-3,5,7-8,11,18-19H,4H2,1H3,(H2,14,15,16);2-3,5,8-10,18-19H,4H2,1H3,(H2,14,15,16);3-4,6,9,19-20H,2H2,1H3,(H2,14,16,17);3-4,6,9,18-19H,2H2,1H3,(H3,13,15,16,20);2-3,5,7-8,15-16H,4H2,1H3,(H2,12,13,17)/t7-,8-,11-,12-;8-,9-,10+,12-;2*4-,6-,9-,11-;5-,7-,8-,10-/m11111/s1. The molecule has 0 bridgehead atoms. The largest absolute Gasteiger partial charge is 0.394 e. The molecule has 0 aromatic carbocycles. The van der Waals surface area contributed by atoms with Crippen LogP contribution in [0.25, 0.3) is 38.9 Å². The third kappa shape index (κ3) is 13.7. The van der Waals surface area contributed by atoms with Gasteiger partial charge in [-0.05, 0) is 58.9 Å². The minimum atomic E-state index is -1.24. The molecule has 5 aliphatic rings. The number of ether oxygens (including phenoxy) is 5. The van der Waals surface area contributed by atoms with E-state index in [9.17, 15) is 55.5 Å². The van der Waals surface area contributed by atoms with Crippen LogP contribution >= 0.6 is 69.6 Å². The van der Waals surface area contributed by atoms with Crippen molar-refractivity contribution < 1.29 is 74.7 Å². The summed E-state index contributed by atoms with van der Waals surface area (Å²) in [6.07, 6.45) is -4.43. The molecule has 38 nitrogen and oxygen atoms in total. The molecule has 21 N–H and O–H groups in total. The molecule has 544 valence electrons. The molecule has 5 fully saturated rings. The van der Waals surface area contributed by atoms with Crippen molar-refractivity contribution in [3.63, 3.8) is 0 Å². The second-order valence-electron chi connectivity index (χ2n) is 24.5. The highest BCUT2D eigenvalue weighted by molar-refractivity contribution is 6.33. The molecule has 14 heterocycles. The Balaban J connectivity index is 0.000000135. The number of halogens is 6. The van der Waals surface area contributed by atoms with Crippen LogP contribution in [0, 0.1) is 0 Å². The summed E-state index contributed by atoms with van der Waals surface area (Å²) in [5, 5.41) is 101. The number of aliphatic hydroxyl groups excluding tert-OH is 10. The monoisotopic (exact) mass is 1520 g/mol. The summed E-state index contributed by atoms with van der Waals surface area (Å²) in [6.45, 7) is 6.29. The van der Waals surface area contributed by atoms with E-state index in [2.05, 4.69) is 54.9 Å². The van der Waals surface area contributed by atoms with Crippen LogP contribution < -0.4 is 39.9 Å². The van der Waals surface area contributed by atoms with Crippen molar-refractivity contribution in [1.82, 2.24) is 77.7 Å². The molecule has 5 aliphatic heterocycles. The van der Waals surface area contributed by atoms with Crippen molar-refractivity contribution >= 4 is 138 Å². The second-order valence-corrected chi connectivity index (χ2v) is 28.9. The number of anilines is 5. The van der Waals surface area contributed by atoms with Crippen molar-refractivity contribution in [2.45, 2.75) is 151 Å². The molecule has 5 saturated heterocycles. The van der Waals surface area contributed by atoms with Gasteiger partial charge in [0.1, 0.15) is 132 Å². The van der Waals surface area contributed by atoms with Crippen LogP contribution in [0.1, 0.15) is 71.3 Å². The molecular weight excluding hydrogens is 1450 g/mol. The van der Waals surface area contributed by atoms with Gasteiger partial charge in [-0.2, -0.15) is 25.0 Å². The molecule has 0 radical (unpaired) electrons. The number of nitrogens with two attached hydrogens (primary N) is 5. The fourth-order valence-corrected chi connectivity index (χ4v) is 13.7. The number of aromatic amines is 1. The van der Waals surface area contributed by atoms with Crippen molar-refractivity contribution in [3.8, 4) is 0 Å². The zero-order chi connectivity index (χ0) is 73.2. The molecule has 44 heteroatoms. The summed E-state index contributed by atoms with van der Waals surface area (Å²) in [5.74, 6) is 0.720. The summed E-state index contributed by atoms with van der Waals surface area (Å²) in [5.41, 5.74) is 29.8. The van der Waals surface area contributed by atoms with Crippen LogP contribution in [0.3, 0.4) is 0 Å². The minimum Gasteiger partial charge on any atom is -0.394 e. The third-order valence-electron chi connectivity index (χ3n) is 17.6. The lowest BCUT2D eigenvalue weighted by molar-refractivity contribution is -0.0469. The summed E-state index contributed by atoms with van der Waals surface area (Å²) in [4.78, 5) is 55.6. The summed E-state index contributed by atoms with van der Waals surface area (Å²) >= 11 is 37.7. The zero-order valence-corrected chi connectivity index (χ0v) is 57.7. The lowest BCUT2D eigenvalue weighted by Crippen LogP contribution is -2.42. The topological polar surface area (TPSA) is 582 Å². The number of nitrogens with zero attached hydrogens (tertiary/aromatic N) is 15. The van der Waals surface area contributed by atoms with Gasteiger partial charge in [0.25, 0.3) is 5.56 Å². The smallest absolute Gasteiger partial charge is 0.351 e. The van der Waals surface area contributed by atoms with E-state index in [1.165, 1.54) is 53.6 Å². The van der Waals surface area contributed by atoms with Gasteiger partial charge in [0.05, 0.1) is 56.8 Å². The molecule has 0 saturated carbocycles. The van der Waals surface area contributed by atoms with Gasteiger partial charge in [-0.15, -0.1) is 58.0 Å². The maximum Gasteiger partial charge on any atom is 0.351 e. The highest BCUT2D eigenvalue weighted by Crippen LogP contribution is 2.49. The molecule has 20 atom stereocenters. The number of fused-ring (bicyclic) bond motifs is 4. The third-order valence-corrected chi connectivity index (χ3v) is 19.9. The fourth-order valence-electron chi connectivity index (χ4n) is 12.0. The minimum absolute atomic E-state index is 0.0113. The Kier molecular flexibility index (Phi) is 22.1. The van der Waals surface area contributed by atoms with Crippen molar-refractivity contribution in [2.24, 2.45) is 0 Å². The maximum absolute atomic E-state index is 11.8. The van der Waals surface area contributed by atoms with Gasteiger partial charge < -0.3 is 108 Å². The van der Waals surface area contributed by atoms with Crippen molar-refractivity contribution in [1.29, 1.82) is 0 Å². The molecule has 9 aromatic heterocycles. The average Bonchev–Trinajstić information content (AvgIpc) is 1.63. The number of alkyl halides is 5. The number of H-pyrrole nitrogens is 1. The van der Waals surface area contributed by atoms with E-state index in [-0.39, 0.29) is 60.5 Å². The van der Waals surface area contributed by atoms with E-state index in [0.717, 1.165) is 4.57 Å². The summed E-state index contributed by atoms with van der Waals surface area (Å²) in [7, 11) is 0. The number of nitrogens with one attached hydrogen (secondary N) is 1. The average molecular weight is 1520 g/mol. The Morgan fingerprint density at radius 2 is 0.950 bits per heavy atom. The number of imidazole rings is 2. The Morgan fingerprint density at radius 3 is 1.44 bits per heavy atom. The lowest BCUT2D eigenvalue weighted by atomic mass is 9.95. The first-order valence-corrected chi connectivity index (χ1v) is 32.3. The number of aromatic nitrogens is 16. The predicted molar refractivity (Wildman–Crippen MR) is 360 cm³/mol. The molecule has 0 unspecified atom stereocenters. The highest BCUT2D eigenvalue weighted by Gasteiger charge is 2.57. The van der Waals surface area contributed by atoms with E-state index in [1.54, 1.807) is 61.2 Å². The molecule has 100 heavy (non-hydrogen) atoms. The first kappa shape index (κ1) is 75.8. The first-order chi connectivity index (χ1) is 47.0. The summed E-state index contributed by atoms with van der Waals surface area (Å²) < 4.78 is 35.3. The van der Waals surface area contributed by atoms with Crippen LogP contribution in [0.2, 0.25) is 5.15 Å². The molecular formula is C56H71Cl6N21O17. The van der Waals surface area contributed by atoms with E-state index in [0.29, 0.717) is 45.0 Å². The molecule has 14 rings (SSSR count). The van der Waals surface area contributed by atoms with E-state index < -0.39 is 134 Å². The molecule has 9 aromatic rings. The number of aliphatic hydroxyl groups is 10. The zero-order valence-electron chi connectivity index (χ0n) is 53.2. The number of nitrogen functional groups attached to an aromatic ring is 5. The highest BCUT2D eigenvalue weighted by atomic mass is 35.5. The first-order valence-electron chi connectivity index (χ1n) is 30.1. The Labute approximate surface area is 593 Å². The number of rotatable bonds is 10. The summed E-state index contributed by atoms with van der Waals surface area (Å²) in [6, 6.07) is 6.73. The quantitative estimate of drug-likeness (QED) is 0.0559. The van der Waals surface area contributed by atoms with Crippen LogP contribution in [0.4, 0.5) is 29.4 Å². The van der Waals surface area contributed by atoms with E-state index in [1.807, 2.05) is 0 Å². The van der Waals surface area contributed by atoms with Gasteiger partial charge >= 0.3 is 5.69 Å². The van der Waals surface area contributed by atoms with Gasteiger partial charge in [0.2, 0.25) is 11.9 Å². The Morgan fingerprint density at radius 1 is 0.500 bits per heavy atom. The van der Waals surface area contributed by atoms with Crippen molar-refractivity contribution in [2.75, 3.05) is 61.7 Å². The SMILES string of the molecule is C[C@@]1(Cl)[C@H](O)[C@@H](CO)O[C@H]1c1ccc2c(N)ncnn12.C[C@@]1(Cl)[C@H](O)[C@@H](CO)O[C@H]1n1ccc(N)nc1=O.C[C@@]1(Cl)[C@H](O)[C@@H](CO)O[C@H]1n1ccc2c(N)ncnc21.C[C@@]1(Cl)[C@H](O)[C@@H](CO)O[C@H]1n1cnc2c(=O)[nH]c(N)nc21.C[C@@]1(Cl)[C@H](O)[C@@H](CO)O[C@H]1n1cnc2c(Cl)nc(N)nc21. The number of hydrogen-bond acceptors (Lipinski definition) is 32. The van der Waals surface area contributed by atoms with Gasteiger partial charge in [0.15, 0.2) is 52.7 Å². The van der Waals surface area contributed by atoms with Crippen LogP contribution in [-0.2, 0) is 23.7 Å². The normalized spacial score (nSPS) is 33.8. The van der Waals surface area contributed by atoms with Crippen molar-refractivity contribution in [3.05, 3.63) is 93.7 Å². The Bertz CT molecular complexity index is 4410. The van der Waals surface area contributed by atoms with Gasteiger partial charge in [-0.25, -0.2) is 34.2 Å². The van der Waals surface area contributed by atoms with Crippen LogP contribution in [0.5, 0.6) is 0 Å². The van der Waals surface area contributed by atoms with Gasteiger partial charge in [-0.3, -0.25) is 23.5 Å². The number of hydrogen-bond donors (Lipinski definition) is 16. The fraction of sp³-hybridized carbons (Fsp3) is 0.536. The van der Waals surface area contributed by atoms with Crippen LogP contribution in [0.15, 0.2) is 71.6 Å². The van der Waals surface area contributed by atoms with E-state index >= 15 is 0 Å². The second kappa shape index (κ2) is 29.1. The molecule has 0 aliphatic carbocycles. The van der Waals surface area contributed by atoms with Gasteiger partial charge in [0, 0.05) is 12.4 Å². The van der Waals surface area contributed by atoms with Gasteiger partial charge in [-0.1, -0.05) is 11.6 Å². The molecule has 0 amide bonds. The van der Waals surface area contributed by atoms with Crippen LogP contribution in [-0.4, -0.2) is 247 Å². The maximum atomic E-state index is 11.8. The Hall–Kier alpha value is -6.84. The molecule has 0 spiro atoms. The predicted octanol–water partition coefficient (Wildman–Crippen LogP) is -1.30. The lowest BCUT2D eigenvalue weighted by Gasteiger charge is -2.26. The van der Waals surface area contributed by atoms with E-state index in [4.69, 9.17) is 127 Å².